The van der Waals surface area contributed by atoms with Crippen molar-refractivity contribution in [2.75, 3.05) is 0 Å². The predicted octanol–water partition coefficient (Wildman–Crippen LogP) is 0.218. The lowest BCUT2D eigenvalue weighted by molar-refractivity contribution is -0.146. The number of aliphatic carboxylic acids is 1. The van der Waals surface area contributed by atoms with Gasteiger partial charge in [0.15, 0.2) is 6.10 Å². The average Bonchev–Trinajstić information content (AvgIpc) is 1.65. The molecule has 0 unspecified atom stereocenters. The summed E-state index contributed by atoms with van der Waals surface area (Å²) in [6, 6.07) is 0. The zero-order valence-electron chi connectivity index (χ0n) is 5.09. The first-order valence-electron chi connectivity index (χ1n) is 2.09. The van der Waals surface area contributed by atoms with Gasteiger partial charge in [-0.1, -0.05) is 6.92 Å². The van der Waals surface area contributed by atoms with Gasteiger partial charge in [-0.3, -0.25) is 0 Å². The van der Waals surface area contributed by atoms with Crippen molar-refractivity contribution in [3.8, 4) is 0 Å². The molecule has 0 aliphatic rings. The van der Waals surface area contributed by atoms with E-state index in [0.717, 1.165) is 0 Å². The Morgan fingerprint density at radius 3 is 2.12 bits per heavy atom. The van der Waals surface area contributed by atoms with Crippen molar-refractivity contribution >= 4 is 5.97 Å². The van der Waals surface area contributed by atoms with Crippen LogP contribution >= 0.6 is 0 Å². The Bertz CT molecular complexity index is 73.7. The summed E-state index contributed by atoms with van der Waals surface area (Å²) in [5, 5.41) is 16.3. The molecular formula is C4H12NO3+. The van der Waals surface area contributed by atoms with E-state index in [-0.39, 0.29) is 12.6 Å². The van der Waals surface area contributed by atoms with Gasteiger partial charge in [0.25, 0.3) is 0 Å². The number of rotatable bonds is 2. The highest BCUT2D eigenvalue weighted by Gasteiger charge is 2.07. The first-order chi connectivity index (χ1) is 3.18. The standard InChI is InChI=1S/C4H8O3.H3N/c1-2-3(5)4(6)7;/h3,5H,2H2,1H3,(H,6,7);1H3/p+1/t3-;/m0./s1. The Morgan fingerprint density at radius 1 is 1.75 bits per heavy atom. The van der Waals surface area contributed by atoms with E-state index in [9.17, 15) is 4.79 Å². The lowest BCUT2D eigenvalue weighted by Crippen LogP contribution is -2.17. The normalized spacial score (nSPS) is 11.8. The van der Waals surface area contributed by atoms with Crippen LogP contribution in [0.3, 0.4) is 0 Å². The lowest BCUT2D eigenvalue weighted by atomic mass is 10.3. The van der Waals surface area contributed by atoms with Gasteiger partial charge in [-0.2, -0.15) is 0 Å². The molecule has 0 bridgehead atoms. The van der Waals surface area contributed by atoms with Crippen LogP contribution in [0.1, 0.15) is 13.3 Å². The molecule has 0 aliphatic carbocycles. The van der Waals surface area contributed by atoms with Crippen molar-refractivity contribution < 1.29 is 15.0 Å². The second-order valence-electron chi connectivity index (χ2n) is 1.26. The molecule has 0 saturated carbocycles. The number of carboxylic acid groups (broad SMARTS) is 1. The van der Waals surface area contributed by atoms with Crippen molar-refractivity contribution in [1.82, 2.24) is 6.15 Å². The largest absolute Gasteiger partial charge is 0.479 e. The second-order valence-corrected chi connectivity index (χ2v) is 1.26. The molecule has 1 atom stereocenters. The SMILES string of the molecule is CC[C@H](O)C(=O)O.[NH4+]. The lowest BCUT2D eigenvalue weighted by Gasteiger charge is -1.95. The Labute approximate surface area is 47.7 Å². The van der Waals surface area contributed by atoms with E-state index in [4.69, 9.17) is 10.2 Å². The van der Waals surface area contributed by atoms with E-state index in [1.165, 1.54) is 0 Å². The quantitative estimate of drug-likeness (QED) is 0.489. The van der Waals surface area contributed by atoms with Crippen LogP contribution in [0.15, 0.2) is 0 Å². The molecule has 4 nitrogen and oxygen atoms in total. The van der Waals surface area contributed by atoms with E-state index in [1.807, 2.05) is 0 Å². The zero-order chi connectivity index (χ0) is 5.86. The Kier molecular flexibility index (Phi) is 5.90. The second kappa shape index (κ2) is 4.55. The van der Waals surface area contributed by atoms with Crippen LogP contribution in [0.25, 0.3) is 0 Å². The van der Waals surface area contributed by atoms with Crippen LogP contribution in [-0.4, -0.2) is 22.3 Å². The zero-order valence-corrected chi connectivity index (χ0v) is 5.09. The molecule has 0 aromatic heterocycles. The summed E-state index contributed by atoms with van der Waals surface area (Å²) >= 11 is 0. The fourth-order valence-electron chi connectivity index (χ4n) is 0.175. The Morgan fingerprint density at radius 2 is 2.12 bits per heavy atom. The highest BCUT2D eigenvalue weighted by Crippen LogP contribution is 1.86. The summed E-state index contributed by atoms with van der Waals surface area (Å²) in [6.45, 7) is 1.61. The summed E-state index contributed by atoms with van der Waals surface area (Å²) in [5.41, 5.74) is 0. The molecule has 0 spiro atoms. The highest BCUT2D eigenvalue weighted by atomic mass is 16.4. The van der Waals surface area contributed by atoms with Crippen LogP contribution < -0.4 is 6.15 Å². The number of aliphatic hydroxyl groups excluding tert-OH is 1. The highest BCUT2D eigenvalue weighted by molar-refractivity contribution is 5.71. The summed E-state index contributed by atoms with van der Waals surface area (Å²) in [5.74, 6) is -1.15. The van der Waals surface area contributed by atoms with E-state index in [0.29, 0.717) is 0 Å². The molecule has 0 aliphatic heterocycles. The monoisotopic (exact) mass is 122 g/mol. The number of aliphatic hydroxyl groups is 1. The van der Waals surface area contributed by atoms with E-state index in [1.54, 1.807) is 6.92 Å². The van der Waals surface area contributed by atoms with Crippen molar-refractivity contribution in [3.05, 3.63) is 0 Å². The Balaban J connectivity index is 0. The minimum atomic E-state index is -1.18. The molecular weight excluding hydrogens is 110 g/mol. The van der Waals surface area contributed by atoms with Crippen molar-refractivity contribution in [2.45, 2.75) is 19.4 Å². The smallest absolute Gasteiger partial charge is 0.332 e. The maximum absolute atomic E-state index is 9.68. The molecule has 4 heteroatoms. The minimum Gasteiger partial charge on any atom is -0.479 e. The molecule has 6 N–H and O–H groups in total. The predicted molar refractivity (Wildman–Crippen MR) is 29.9 cm³/mol. The van der Waals surface area contributed by atoms with Gasteiger partial charge >= 0.3 is 5.97 Å². The van der Waals surface area contributed by atoms with E-state index in [2.05, 4.69) is 0 Å². The minimum absolute atomic E-state index is 0. The third-order valence-corrected chi connectivity index (χ3v) is 0.672. The molecule has 0 heterocycles. The molecule has 0 amide bonds. The van der Waals surface area contributed by atoms with E-state index < -0.39 is 12.1 Å². The number of hydrogen-bond acceptors (Lipinski definition) is 2. The number of carbonyl (C=O) groups is 1. The fraction of sp³-hybridized carbons (Fsp3) is 0.750. The molecule has 0 rings (SSSR count). The summed E-state index contributed by atoms with van der Waals surface area (Å²) in [6.07, 6.45) is -0.907. The molecule has 50 valence electrons. The average molecular weight is 122 g/mol. The molecule has 0 aromatic carbocycles. The topological polar surface area (TPSA) is 94.0 Å². The third kappa shape index (κ3) is 3.58. The summed E-state index contributed by atoms with van der Waals surface area (Å²) in [7, 11) is 0. The van der Waals surface area contributed by atoms with Crippen LogP contribution in [-0.2, 0) is 4.79 Å². The number of quaternary nitrogens is 1. The summed E-state index contributed by atoms with van der Waals surface area (Å²) < 4.78 is 0. The van der Waals surface area contributed by atoms with Gasteiger partial charge in [0.1, 0.15) is 0 Å². The fourth-order valence-corrected chi connectivity index (χ4v) is 0.175. The summed E-state index contributed by atoms with van der Waals surface area (Å²) in [4.78, 5) is 9.68. The molecule has 0 saturated heterocycles. The molecule has 0 aromatic rings. The van der Waals surface area contributed by atoms with Crippen LogP contribution in [0, 0.1) is 0 Å². The van der Waals surface area contributed by atoms with Gasteiger partial charge < -0.3 is 16.4 Å². The van der Waals surface area contributed by atoms with Gasteiger partial charge in [-0.15, -0.1) is 0 Å². The molecule has 0 fully saturated rings. The van der Waals surface area contributed by atoms with Gasteiger partial charge in [-0.05, 0) is 6.42 Å². The van der Waals surface area contributed by atoms with Crippen LogP contribution in [0.5, 0.6) is 0 Å². The first kappa shape index (κ1) is 10.4. The van der Waals surface area contributed by atoms with Crippen LogP contribution in [0.2, 0.25) is 0 Å². The Hall–Kier alpha value is -0.610. The van der Waals surface area contributed by atoms with Crippen LogP contribution in [0.4, 0.5) is 0 Å². The first-order valence-corrected chi connectivity index (χ1v) is 2.09. The molecule has 0 radical (unpaired) electrons. The third-order valence-electron chi connectivity index (χ3n) is 0.672. The van der Waals surface area contributed by atoms with Gasteiger partial charge in [0.2, 0.25) is 0 Å². The van der Waals surface area contributed by atoms with Gasteiger partial charge in [0.05, 0.1) is 0 Å². The number of hydrogen-bond donors (Lipinski definition) is 3. The van der Waals surface area contributed by atoms with Crippen molar-refractivity contribution in [1.29, 1.82) is 0 Å². The van der Waals surface area contributed by atoms with Gasteiger partial charge in [0, 0.05) is 0 Å². The number of carboxylic acids is 1. The van der Waals surface area contributed by atoms with Crippen molar-refractivity contribution in [3.63, 3.8) is 0 Å². The van der Waals surface area contributed by atoms with Crippen molar-refractivity contribution in [2.24, 2.45) is 0 Å². The molecule has 8 heavy (non-hydrogen) atoms. The maximum Gasteiger partial charge on any atom is 0.332 e. The maximum atomic E-state index is 9.68. The van der Waals surface area contributed by atoms with E-state index >= 15 is 0 Å². The van der Waals surface area contributed by atoms with Gasteiger partial charge in [-0.25, -0.2) is 4.79 Å².